The van der Waals surface area contributed by atoms with Crippen molar-refractivity contribution in [2.75, 3.05) is 39.0 Å². The first-order valence-corrected chi connectivity index (χ1v) is 18.8. The van der Waals surface area contributed by atoms with Crippen molar-refractivity contribution in [3.05, 3.63) is 103 Å². The van der Waals surface area contributed by atoms with Crippen LogP contribution in [0.2, 0.25) is 0 Å². The van der Waals surface area contributed by atoms with Crippen LogP contribution in [-0.2, 0) is 10.0 Å². The monoisotopic (exact) mass is 696 g/mol. The lowest BCUT2D eigenvalue weighted by Crippen LogP contribution is -2.49. The molecule has 0 spiro atoms. The summed E-state index contributed by atoms with van der Waals surface area (Å²) < 4.78 is 39.4. The van der Waals surface area contributed by atoms with E-state index in [2.05, 4.69) is 50.1 Å². The summed E-state index contributed by atoms with van der Waals surface area (Å²) >= 11 is 1.00. The lowest BCUT2D eigenvalue weighted by atomic mass is 9.90. The van der Waals surface area contributed by atoms with Crippen molar-refractivity contribution in [2.45, 2.75) is 48.7 Å². The molecule has 1 aliphatic heterocycles. The zero-order chi connectivity index (χ0) is 33.8. The zero-order valence-electron chi connectivity index (χ0n) is 27.3. The summed E-state index contributed by atoms with van der Waals surface area (Å²) in [5.74, 6) is 0.521. The van der Waals surface area contributed by atoms with Crippen LogP contribution in [0, 0.1) is 0 Å². The molecule has 2 aliphatic rings. The molecule has 1 aliphatic carbocycles. The molecule has 0 amide bonds. The number of nitrogen functional groups attached to an aromatic ring is 1. The van der Waals surface area contributed by atoms with Gasteiger partial charge in [-0.2, -0.15) is 18.6 Å². The minimum absolute atomic E-state index is 0.139. The molecule has 6 aromatic rings. The first-order chi connectivity index (χ1) is 23.9. The average Bonchev–Trinajstić information content (AvgIpc) is 3.81. The van der Waals surface area contributed by atoms with E-state index in [1.807, 2.05) is 60.7 Å². The van der Waals surface area contributed by atoms with Crippen LogP contribution in [0.5, 0.6) is 0 Å². The fraction of sp³-hybridized carbons (Fsp3) is 0.343. The van der Waals surface area contributed by atoms with Gasteiger partial charge in [0.1, 0.15) is 28.1 Å². The summed E-state index contributed by atoms with van der Waals surface area (Å²) in [4.78, 5) is 13.7. The van der Waals surface area contributed by atoms with Gasteiger partial charge in [-0.15, -0.1) is 0 Å². The van der Waals surface area contributed by atoms with Crippen LogP contribution >= 0.6 is 11.7 Å². The van der Waals surface area contributed by atoms with Gasteiger partial charge in [0.05, 0.1) is 35.4 Å². The minimum Gasteiger partial charge on any atom is -0.383 e. The average molecular weight is 697 g/mol. The molecule has 8 rings (SSSR count). The lowest BCUT2D eigenvalue weighted by Gasteiger charge is -2.41. The van der Waals surface area contributed by atoms with Crippen LogP contribution in [0.3, 0.4) is 0 Å². The standard InChI is InChI=1S/C19H15N3O2S2.C16H25N7/c23-26(24,17-13-7-12-16-19(17)21-25-20-16)22-18(14-8-3-1-4-9-14)15-10-5-2-6-11-15;1-21-6-8-22(9-7-21)12-2-4-13(5-3-12)23-16-14(10-20-23)15(17)18-11-19-16/h1-13,18,22H;10-13H,2-9H2,1H3,(H2,17,18,19). The van der Waals surface area contributed by atoms with Crippen molar-refractivity contribution >= 4 is 49.6 Å². The first kappa shape index (κ1) is 33.2. The topological polar surface area (TPSA) is 148 Å². The SMILES string of the molecule is CN1CCN(C2CCC(n3ncc4c(N)ncnc43)CC2)CC1.O=S(=O)(NC(c1ccccc1)c1ccccc1)c1cccc2nsnc12. The summed E-state index contributed by atoms with van der Waals surface area (Å²) in [5.41, 5.74) is 9.49. The molecule has 0 bridgehead atoms. The summed E-state index contributed by atoms with van der Waals surface area (Å²) in [5, 5.41) is 5.41. The number of nitrogens with one attached hydrogen (secondary N) is 1. The molecule has 1 saturated heterocycles. The van der Waals surface area contributed by atoms with Gasteiger partial charge in [0.15, 0.2) is 5.65 Å². The number of fused-ring (bicyclic) bond motifs is 2. The second-order valence-corrected chi connectivity index (χ2v) is 14.9. The number of anilines is 1. The molecule has 4 heterocycles. The quantitative estimate of drug-likeness (QED) is 0.236. The second kappa shape index (κ2) is 14.6. The molecular weight excluding hydrogens is 657 g/mol. The smallest absolute Gasteiger partial charge is 0.243 e. The number of sulfonamides is 1. The van der Waals surface area contributed by atoms with Crippen molar-refractivity contribution in [3.63, 3.8) is 0 Å². The molecule has 49 heavy (non-hydrogen) atoms. The van der Waals surface area contributed by atoms with E-state index in [0.29, 0.717) is 22.9 Å². The molecule has 12 nitrogen and oxygen atoms in total. The highest BCUT2D eigenvalue weighted by molar-refractivity contribution is 7.89. The van der Waals surface area contributed by atoms with Gasteiger partial charge in [-0.3, -0.25) is 4.90 Å². The highest BCUT2D eigenvalue weighted by atomic mass is 32.2. The normalized spacial score (nSPS) is 19.2. The predicted molar refractivity (Wildman–Crippen MR) is 193 cm³/mol. The van der Waals surface area contributed by atoms with Gasteiger partial charge in [-0.25, -0.2) is 23.1 Å². The number of hydrogen-bond acceptors (Lipinski definition) is 11. The Hall–Kier alpha value is -4.34. The van der Waals surface area contributed by atoms with Gasteiger partial charge in [0.2, 0.25) is 10.0 Å². The van der Waals surface area contributed by atoms with E-state index in [4.69, 9.17) is 5.73 Å². The summed E-state index contributed by atoms with van der Waals surface area (Å²) in [6.07, 6.45) is 8.16. The highest BCUT2D eigenvalue weighted by Crippen LogP contribution is 2.33. The van der Waals surface area contributed by atoms with Crippen molar-refractivity contribution in [1.29, 1.82) is 0 Å². The minimum atomic E-state index is -3.80. The Morgan fingerprint density at radius 3 is 2.14 bits per heavy atom. The molecule has 0 radical (unpaired) electrons. The molecule has 14 heteroatoms. The Bertz CT molecular complexity index is 2050. The van der Waals surface area contributed by atoms with E-state index in [9.17, 15) is 8.42 Å². The van der Waals surface area contributed by atoms with Crippen LogP contribution in [0.1, 0.15) is 48.9 Å². The van der Waals surface area contributed by atoms with Crippen molar-refractivity contribution in [3.8, 4) is 0 Å². The summed E-state index contributed by atoms with van der Waals surface area (Å²) in [6, 6.07) is 24.7. The third-order valence-corrected chi connectivity index (χ3v) is 11.6. The number of hydrogen-bond donors (Lipinski definition) is 2. The maximum absolute atomic E-state index is 13.1. The third-order valence-electron chi connectivity index (χ3n) is 9.57. The Kier molecular flexibility index (Phi) is 9.91. The Labute approximate surface area is 290 Å². The van der Waals surface area contributed by atoms with Crippen molar-refractivity contribution < 1.29 is 8.42 Å². The molecule has 1 saturated carbocycles. The van der Waals surface area contributed by atoms with E-state index in [1.54, 1.807) is 24.4 Å². The Morgan fingerprint density at radius 1 is 0.816 bits per heavy atom. The van der Waals surface area contributed by atoms with Crippen LogP contribution in [0.15, 0.2) is 96.3 Å². The highest BCUT2D eigenvalue weighted by Gasteiger charge is 2.30. The van der Waals surface area contributed by atoms with Crippen LogP contribution < -0.4 is 10.5 Å². The number of likely N-dealkylation sites (N-methyl/N-ethyl adjacent to an activating group) is 1. The Balaban J connectivity index is 0.000000155. The first-order valence-electron chi connectivity index (χ1n) is 16.6. The van der Waals surface area contributed by atoms with Gasteiger partial charge < -0.3 is 10.6 Å². The van der Waals surface area contributed by atoms with Crippen LogP contribution in [-0.4, -0.2) is 86.0 Å². The molecule has 3 aromatic heterocycles. The van der Waals surface area contributed by atoms with Crippen LogP contribution in [0.25, 0.3) is 22.1 Å². The largest absolute Gasteiger partial charge is 0.383 e. The van der Waals surface area contributed by atoms with E-state index in [1.165, 1.54) is 45.3 Å². The molecular formula is C35H40N10O2S2. The van der Waals surface area contributed by atoms with E-state index in [-0.39, 0.29) is 4.90 Å². The van der Waals surface area contributed by atoms with E-state index in [0.717, 1.165) is 52.8 Å². The van der Waals surface area contributed by atoms with Crippen molar-refractivity contribution in [1.82, 2.24) is 43.0 Å². The number of aromatic nitrogens is 6. The third kappa shape index (κ3) is 7.33. The molecule has 254 valence electrons. The zero-order valence-corrected chi connectivity index (χ0v) is 29.0. The fourth-order valence-electron chi connectivity index (χ4n) is 6.84. The van der Waals surface area contributed by atoms with Gasteiger partial charge in [0.25, 0.3) is 0 Å². The Morgan fingerprint density at radius 2 is 1.47 bits per heavy atom. The van der Waals surface area contributed by atoms with Gasteiger partial charge >= 0.3 is 0 Å². The van der Waals surface area contributed by atoms with Gasteiger partial charge in [-0.1, -0.05) is 66.7 Å². The second-order valence-electron chi connectivity index (χ2n) is 12.7. The predicted octanol–water partition coefficient (Wildman–Crippen LogP) is 4.90. The van der Waals surface area contributed by atoms with E-state index >= 15 is 0 Å². The molecule has 0 atom stereocenters. The van der Waals surface area contributed by atoms with Crippen molar-refractivity contribution in [2.24, 2.45) is 0 Å². The summed E-state index contributed by atoms with van der Waals surface area (Å²) in [7, 11) is -1.59. The van der Waals surface area contributed by atoms with Gasteiger partial charge in [-0.05, 0) is 56.0 Å². The number of nitrogens with two attached hydrogens (primary N) is 1. The molecule has 0 unspecified atom stereocenters. The van der Waals surface area contributed by atoms with E-state index < -0.39 is 16.1 Å². The van der Waals surface area contributed by atoms with Crippen LogP contribution in [0.4, 0.5) is 5.82 Å². The number of nitrogens with zero attached hydrogens (tertiary/aromatic N) is 8. The number of benzene rings is 3. The number of rotatable bonds is 7. The number of piperazine rings is 1. The maximum atomic E-state index is 13.1. The fourth-order valence-corrected chi connectivity index (χ4v) is 8.82. The molecule has 2 fully saturated rings. The maximum Gasteiger partial charge on any atom is 0.243 e. The summed E-state index contributed by atoms with van der Waals surface area (Å²) in [6.45, 7) is 4.81. The lowest BCUT2D eigenvalue weighted by molar-refractivity contribution is 0.0815. The van der Waals surface area contributed by atoms with Gasteiger partial charge in [0, 0.05) is 32.2 Å². The molecule has 3 N–H and O–H groups in total. The molecule has 3 aromatic carbocycles.